The van der Waals surface area contributed by atoms with Crippen LogP contribution >= 0.6 is 0 Å². The van der Waals surface area contributed by atoms with E-state index in [0.29, 0.717) is 30.9 Å². The summed E-state index contributed by atoms with van der Waals surface area (Å²) >= 11 is 0. The molecule has 0 unspecified atom stereocenters. The molecule has 0 spiro atoms. The van der Waals surface area contributed by atoms with E-state index < -0.39 is 0 Å². The standard InChI is InChI=1S/C28H30N2O4/c1-32-25-11-7-5-9-21(25)22(23-18-30-24-10-6-4-8-20(23)24)17-28(31)29-15-14-19-12-13-26(33-2)27(16-19)34-3/h4-13,16,18,22,30H,14-15,17H2,1-3H3,(H,29,31)/t22-/m0/s1. The lowest BCUT2D eigenvalue weighted by Crippen LogP contribution is -2.27. The minimum Gasteiger partial charge on any atom is -0.496 e. The summed E-state index contributed by atoms with van der Waals surface area (Å²) in [5.41, 5.74) is 4.18. The van der Waals surface area contributed by atoms with Crippen molar-refractivity contribution in [1.29, 1.82) is 0 Å². The Bertz CT molecular complexity index is 1260. The molecule has 0 fully saturated rings. The molecule has 3 aromatic carbocycles. The van der Waals surface area contributed by atoms with Crippen LogP contribution in [-0.4, -0.2) is 38.8 Å². The lowest BCUT2D eigenvalue weighted by molar-refractivity contribution is -0.121. The van der Waals surface area contributed by atoms with Crippen LogP contribution in [0.2, 0.25) is 0 Å². The summed E-state index contributed by atoms with van der Waals surface area (Å²) in [7, 11) is 4.89. The van der Waals surface area contributed by atoms with Gasteiger partial charge in [0.2, 0.25) is 5.91 Å². The van der Waals surface area contributed by atoms with Crippen LogP contribution < -0.4 is 19.5 Å². The van der Waals surface area contributed by atoms with Gasteiger partial charge in [-0.15, -0.1) is 0 Å². The summed E-state index contributed by atoms with van der Waals surface area (Å²) in [5, 5.41) is 4.19. The van der Waals surface area contributed by atoms with Gasteiger partial charge in [0.25, 0.3) is 0 Å². The number of benzene rings is 3. The zero-order valence-electron chi connectivity index (χ0n) is 19.8. The van der Waals surface area contributed by atoms with Crippen molar-refractivity contribution in [2.45, 2.75) is 18.8 Å². The van der Waals surface area contributed by atoms with E-state index in [0.717, 1.165) is 33.3 Å². The van der Waals surface area contributed by atoms with Crippen LogP contribution in [0.1, 0.15) is 29.0 Å². The molecule has 1 atom stereocenters. The van der Waals surface area contributed by atoms with Gasteiger partial charge in [0, 0.05) is 41.5 Å². The lowest BCUT2D eigenvalue weighted by Gasteiger charge is -2.20. The van der Waals surface area contributed by atoms with Crippen LogP contribution in [-0.2, 0) is 11.2 Å². The summed E-state index contributed by atoms with van der Waals surface area (Å²) in [6.07, 6.45) is 3.01. The molecule has 0 bridgehead atoms. The minimum absolute atomic E-state index is 0.0123. The number of hydrogen-bond acceptors (Lipinski definition) is 4. The molecule has 6 nitrogen and oxygen atoms in total. The highest BCUT2D eigenvalue weighted by atomic mass is 16.5. The Kier molecular flexibility index (Phi) is 7.38. The highest BCUT2D eigenvalue weighted by molar-refractivity contribution is 5.86. The summed E-state index contributed by atoms with van der Waals surface area (Å²) < 4.78 is 16.3. The lowest BCUT2D eigenvalue weighted by atomic mass is 9.87. The maximum atomic E-state index is 13.1. The molecular weight excluding hydrogens is 428 g/mol. The normalized spacial score (nSPS) is 11.7. The number of carbonyl (C=O) groups is 1. The number of carbonyl (C=O) groups excluding carboxylic acids is 1. The molecule has 1 heterocycles. The van der Waals surface area contributed by atoms with Crippen LogP contribution in [0.3, 0.4) is 0 Å². The van der Waals surface area contributed by atoms with Crippen LogP contribution in [0.5, 0.6) is 17.2 Å². The fourth-order valence-corrected chi connectivity index (χ4v) is 4.36. The van der Waals surface area contributed by atoms with E-state index in [-0.39, 0.29) is 11.8 Å². The van der Waals surface area contributed by atoms with Gasteiger partial charge in [-0.2, -0.15) is 0 Å². The van der Waals surface area contributed by atoms with E-state index in [1.807, 2.05) is 66.9 Å². The molecule has 1 amide bonds. The summed E-state index contributed by atoms with van der Waals surface area (Å²) in [4.78, 5) is 16.4. The van der Waals surface area contributed by atoms with Crippen LogP contribution in [0.15, 0.2) is 72.9 Å². The summed E-state index contributed by atoms with van der Waals surface area (Å²) in [5.74, 6) is 1.99. The molecule has 4 rings (SSSR count). The van der Waals surface area contributed by atoms with Gasteiger partial charge in [0.1, 0.15) is 5.75 Å². The zero-order chi connectivity index (χ0) is 23.9. The van der Waals surface area contributed by atoms with E-state index in [1.165, 1.54) is 0 Å². The van der Waals surface area contributed by atoms with Gasteiger partial charge in [-0.25, -0.2) is 0 Å². The van der Waals surface area contributed by atoms with E-state index >= 15 is 0 Å². The molecule has 0 aliphatic carbocycles. The third-order valence-electron chi connectivity index (χ3n) is 6.08. The first kappa shape index (κ1) is 23.2. The first-order valence-electron chi connectivity index (χ1n) is 11.3. The van der Waals surface area contributed by atoms with Gasteiger partial charge < -0.3 is 24.5 Å². The predicted octanol–water partition coefficient (Wildman–Crippen LogP) is 5.07. The molecular formula is C28H30N2O4. The van der Waals surface area contributed by atoms with E-state index in [2.05, 4.69) is 16.4 Å². The van der Waals surface area contributed by atoms with Crippen LogP contribution in [0.4, 0.5) is 0 Å². The number of aromatic nitrogens is 1. The number of fused-ring (bicyclic) bond motifs is 1. The van der Waals surface area contributed by atoms with Crippen molar-refractivity contribution in [2.75, 3.05) is 27.9 Å². The quantitative estimate of drug-likeness (QED) is 0.348. The second kappa shape index (κ2) is 10.8. The number of aromatic amines is 1. The molecule has 0 saturated carbocycles. The van der Waals surface area contributed by atoms with Crippen molar-refractivity contribution in [3.05, 3.63) is 89.6 Å². The van der Waals surface area contributed by atoms with Gasteiger partial charge in [-0.1, -0.05) is 42.5 Å². The second-order valence-corrected chi connectivity index (χ2v) is 8.08. The molecule has 176 valence electrons. The predicted molar refractivity (Wildman–Crippen MR) is 134 cm³/mol. The largest absolute Gasteiger partial charge is 0.496 e. The Morgan fingerprint density at radius 1 is 0.853 bits per heavy atom. The van der Waals surface area contributed by atoms with Crippen LogP contribution in [0.25, 0.3) is 10.9 Å². The topological polar surface area (TPSA) is 72.6 Å². The Morgan fingerprint density at radius 3 is 2.38 bits per heavy atom. The van der Waals surface area contributed by atoms with Crippen molar-refractivity contribution in [3.63, 3.8) is 0 Å². The molecule has 6 heteroatoms. The number of nitrogens with one attached hydrogen (secondary N) is 2. The van der Waals surface area contributed by atoms with Crippen LogP contribution in [0, 0.1) is 0 Å². The van der Waals surface area contributed by atoms with Gasteiger partial charge in [0.05, 0.1) is 21.3 Å². The highest BCUT2D eigenvalue weighted by Gasteiger charge is 2.24. The van der Waals surface area contributed by atoms with Crippen molar-refractivity contribution in [1.82, 2.24) is 10.3 Å². The maximum absolute atomic E-state index is 13.1. The Morgan fingerprint density at radius 2 is 1.59 bits per heavy atom. The number of ether oxygens (including phenoxy) is 3. The molecule has 2 N–H and O–H groups in total. The van der Waals surface area contributed by atoms with Gasteiger partial charge in [-0.05, 0) is 41.8 Å². The molecule has 0 aliphatic heterocycles. The van der Waals surface area contributed by atoms with E-state index in [1.54, 1.807) is 21.3 Å². The van der Waals surface area contributed by atoms with Gasteiger partial charge in [0.15, 0.2) is 11.5 Å². The van der Waals surface area contributed by atoms with Crippen molar-refractivity contribution in [2.24, 2.45) is 0 Å². The number of H-pyrrole nitrogens is 1. The summed E-state index contributed by atoms with van der Waals surface area (Å²) in [6.45, 7) is 0.529. The number of amides is 1. The van der Waals surface area contributed by atoms with E-state index in [4.69, 9.17) is 14.2 Å². The zero-order valence-corrected chi connectivity index (χ0v) is 19.8. The fraction of sp³-hybridized carbons (Fsp3) is 0.250. The number of rotatable bonds is 10. The highest BCUT2D eigenvalue weighted by Crippen LogP contribution is 2.37. The molecule has 0 radical (unpaired) electrons. The molecule has 0 saturated heterocycles. The number of para-hydroxylation sites is 2. The molecule has 34 heavy (non-hydrogen) atoms. The third-order valence-corrected chi connectivity index (χ3v) is 6.08. The van der Waals surface area contributed by atoms with E-state index in [9.17, 15) is 4.79 Å². The first-order chi connectivity index (χ1) is 16.6. The molecule has 4 aromatic rings. The third kappa shape index (κ3) is 5.01. The number of hydrogen-bond donors (Lipinski definition) is 2. The van der Waals surface area contributed by atoms with Gasteiger partial charge >= 0.3 is 0 Å². The molecule has 0 aliphatic rings. The fourth-order valence-electron chi connectivity index (χ4n) is 4.36. The maximum Gasteiger partial charge on any atom is 0.220 e. The Labute approximate surface area is 199 Å². The van der Waals surface area contributed by atoms with Crippen molar-refractivity contribution in [3.8, 4) is 17.2 Å². The Balaban J connectivity index is 1.51. The monoisotopic (exact) mass is 458 g/mol. The van der Waals surface area contributed by atoms with Crippen molar-refractivity contribution < 1.29 is 19.0 Å². The van der Waals surface area contributed by atoms with Gasteiger partial charge in [-0.3, -0.25) is 4.79 Å². The second-order valence-electron chi connectivity index (χ2n) is 8.08. The average Bonchev–Trinajstić information content (AvgIpc) is 3.31. The average molecular weight is 459 g/mol. The SMILES string of the molecule is COc1ccc(CCNC(=O)C[C@@H](c2ccccc2OC)c2c[nH]c3ccccc23)cc1OC. The van der Waals surface area contributed by atoms with Crippen molar-refractivity contribution >= 4 is 16.8 Å². The molecule has 1 aromatic heterocycles. The number of methoxy groups -OCH3 is 3. The smallest absolute Gasteiger partial charge is 0.220 e. The summed E-state index contributed by atoms with van der Waals surface area (Å²) in [6, 6.07) is 21.8. The Hall–Kier alpha value is -3.93. The first-order valence-corrected chi connectivity index (χ1v) is 11.3. The minimum atomic E-state index is -0.145.